The Hall–Kier alpha value is -3.35. The number of fused-ring (bicyclic) bond motifs is 3. The fourth-order valence-corrected chi connectivity index (χ4v) is 6.23. The minimum absolute atomic E-state index is 0.00735. The van der Waals surface area contributed by atoms with Crippen molar-refractivity contribution < 1.29 is 24.2 Å². The van der Waals surface area contributed by atoms with Gasteiger partial charge in [0.2, 0.25) is 5.91 Å². The Kier molecular flexibility index (Phi) is 6.50. The van der Waals surface area contributed by atoms with Gasteiger partial charge < -0.3 is 20.1 Å². The Morgan fingerprint density at radius 2 is 1.66 bits per heavy atom. The average Bonchev–Trinajstić information content (AvgIpc) is 3.54. The summed E-state index contributed by atoms with van der Waals surface area (Å²) in [7, 11) is 0. The van der Waals surface area contributed by atoms with E-state index < -0.39 is 18.0 Å². The Morgan fingerprint density at radius 3 is 2.29 bits per heavy atom. The lowest BCUT2D eigenvalue weighted by molar-refractivity contribution is -0.143. The Morgan fingerprint density at radius 1 is 1.00 bits per heavy atom. The first kappa shape index (κ1) is 23.4. The number of carbonyl (C=O) groups excluding carboxylic acids is 2. The number of carboxylic acids is 1. The van der Waals surface area contributed by atoms with Crippen LogP contribution in [0.15, 0.2) is 48.5 Å². The Balaban J connectivity index is 1.17. The fraction of sp³-hybridized carbons (Fsp3) is 0.464. The third kappa shape index (κ3) is 4.51. The van der Waals surface area contributed by atoms with E-state index in [0.717, 1.165) is 19.3 Å². The van der Waals surface area contributed by atoms with Crippen LogP contribution < -0.4 is 5.32 Å². The van der Waals surface area contributed by atoms with Crippen LogP contribution in [0.4, 0.5) is 4.79 Å². The minimum Gasteiger partial charge on any atom is -0.481 e. The Bertz CT molecular complexity index is 1090. The largest absolute Gasteiger partial charge is 0.481 e. The summed E-state index contributed by atoms with van der Waals surface area (Å²) in [5.41, 5.74) is 4.72. The number of carbonyl (C=O) groups is 3. The van der Waals surface area contributed by atoms with E-state index in [-0.39, 0.29) is 36.4 Å². The molecule has 1 aliphatic heterocycles. The third-order valence-corrected chi connectivity index (χ3v) is 8.14. The number of hydrogen-bond donors (Lipinski definition) is 2. The lowest BCUT2D eigenvalue weighted by Gasteiger charge is -2.27. The molecule has 0 aromatic heterocycles. The van der Waals surface area contributed by atoms with Crippen LogP contribution in [-0.2, 0) is 14.3 Å². The van der Waals surface area contributed by atoms with Crippen LogP contribution in [0.25, 0.3) is 11.1 Å². The van der Waals surface area contributed by atoms with E-state index in [4.69, 9.17) is 4.74 Å². The zero-order valence-corrected chi connectivity index (χ0v) is 20.0. The van der Waals surface area contributed by atoms with Gasteiger partial charge in [0.05, 0.1) is 5.92 Å². The molecule has 4 unspecified atom stereocenters. The van der Waals surface area contributed by atoms with Gasteiger partial charge in [-0.1, -0.05) is 55.0 Å². The summed E-state index contributed by atoms with van der Waals surface area (Å²) in [6.07, 6.45) is 3.00. The van der Waals surface area contributed by atoms with Gasteiger partial charge in [0.15, 0.2) is 0 Å². The van der Waals surface area contributed by atoms with E-state index in [1.54, 1.807) is 4.90 Å². The van der Waals surface area contributed by atoms with Gasteiger partial charge in [0.25, 0.3) is 0 Å². The molecule has 2 amide bonds. The second-order valence-electron chi connectivity index (χ2n) is 10.0. The molecule has 5 rings (SSSR count). The highest BCUT2D eigenvalue weighted by atomic mass is 16.5. The van der Waals surface area contributed by atoms with Gasteiger partial charge in [-0.15, -0.1) is 0 Å². The van der Waals surface area contributed by atoms with E-state index >= 15 is 0 Å². The van der Waals surface area contributed by atoms with Crippen molar-refractivity contribution in [3.8, 4) is 11.1 Å². The number of aliphatic carboxylic acids is 1. The molecule has 2 aromatic rings. The van der Waals surface area contributed by atoms with Gasteiger partial charge in [0, 0.05) is 31.0 Å². The number of alkyl carbamates (subject to hydrolysis) is 1. The minimum atomic E-state index is -0.844. The molecule has 0 bridgehead atoms. The third-order valence-electron chi connectivity index (χ3n) is 8.14. The van der Waals surface area contributed by atoms with Crippen molar-refractivity contribution in [2.24, 2.45) is 11.8 Å². The maximum atomic E-state index is 12.9. The molecular formula is C28H32N2O5. The lowest BCUT2D eigenvalue weighted by Crippen LogP contribution is -2.42. The van der Waals surface area contributed by atoms with Crippen LogP contribution in [-0.4, -0.2) is 53.2 Å². The van der Waals surface area contributed by atoms with Crippen LogP contribution >= 0.6 is 0 Å². The zero-order chi connectivity index (χ0) is 24.5. The number of nitrogens with zero attached hydrogens (tertiary/aromatic N) is 1. The normalized spacial score (nSPS) is 25.2. The standard InChI is InChI=1S/C28H32N2O5/c1-17-19(27(32)33)13-14-30(17)26(31)15-18-7-6-12-25(18)29-28(34)35-16-24-22-10-4-2-8-20(22)21-9-3-5-11-23(21)24/h2-5,8-11,17-19,24-25H,6-7,12-16H2,1H3,(H,29,34)(H,32,33). The van der Waals surface area contributed by atoms with E-state index in [0.29, 0.717) is 19.4 Å². The number of hydrogen-bond acceptors (Lipinski definition) is 4. The van der Waals surface area contributed by atoms with Crippen LogP contribution in [0.1, 0.15) is 56.1 Å². The number of rotatable bonds is 6. The second-order valence-corrected chi connectivity index (χ2v) is 10.0. The van der Waals surface area contributed by atoms with Crippen LogP contribution in [0.5, 0.6) is 0 Å². The number of carboxylic acid groups (broad SMARTS) is 1. The molecule has 1 heterocycles. The lowest BCUT2D eigenvalue weighted by atomic mass is 9.98. The summed E-state index contributed by atoms with van der Waals surface area (Å²) in [6, 6.07) is 16.1. The van der Waals surface area contributed by atoms with Gasteiger partial charge in [-0.05, 0) is 54.4 Å². The first-order valence-electron chi connectivity index (χ1n) is 12.6. The molecule has 0 spiro atoms. The maximum Gasteiger partial charge on any atom is 0.407 e. The van der Waals surface area contributed by atoms with E-state index in [9.17, 15) is 19.5 Å². The molecule has 1 saturated carbocycles. The molecule has 3 aliphatic rings. The summed E-state index contributed by atoms with van der Waals surface area (Å²) in [5.74, 6) is -1.32. The van der Waals surface area contributed by atoms with E-state index in [2.05, 4.69) is 29.6 Å². The van der Waals surface area contributed by atoms with Crippen molar-refractivity contribution >= 4 is 18.0 Å². The van der Waals surface area contributed by atoms with Crippen molar-refractivity contribution in [3.63, 3.8) is 0 Å². The van der Waals surface area contributed by atoms with Gasteiger partial charge in [0.1, 0.15) is 6.61 Å². The van der Waals surface area contributed by atoms with Gasteiger partial charge in [-0.3, -0.25) is 9.59 Å². The molecule has 4 atom stereocenters. The van der Waals surface area contributed by atoms with E-state index in [1.807, 2.05) is 31.2 Å². The van der Waals surface area contributed by atoms with E-state index in [1.165, 1.54) is 22.3 Å². The fourth-order valence-electron chi connectivity index (χ4n) is 6.23. The molecule has 2 aliphatic carbocycles. The molecule has 184 valence electrons. The molecule has 0 radical (unpaired) electrons. The molecular weight excluding hydrogens is 444 g/mol. The molecule has 35 heavy (non-hydrogen) atoms. The van der Waals surface area contributed by atoms with Crippen molar-refractivity contribution in [3.05, 3.63) is 59.7 Å². The highest BCUT2D eigenvalue weighted by molar-refractivity contribution is 5.80. The molecule has 2 N–H and O–H groups in total. The Labute approximate surface area is 205 Å². The number of likely N-dealkylation sites (tertiary alicyclic amines) is 1. The number of nitrogens with one attached hydrogen (secondary N) is 1. The highest BCUT2D eigenvalue weighted by Crippen LogP contribution is 2.44. The number of ether oxygens (including phenoxy) is 1. The predicted molar refractivity (Wildman–Crippen MR) is 131 cm³/mol. The van der Waals surface area contributed by atoms with Crippen LogP contribution in [0, 0.1) is 11.8 Å². The SMILES string of the molecule is CC1C(C(=O)O)CCN1C(=O)CC1CCCC1NC(=O)OCC1c2ccccc2-c2ccccc21. The topological polar surface area (TPSA) is 95.9 Å². The number of amides is 2. The van der Waals surface area contributed by atoms with Crippen molar-refractivity contribution in [2.45, 2.75) is 57.0 Å². The molecule has 7 heteroatoms. The average molecular weight is 477 g/mol. The van der Waals surface area contributed by atoms with Gasteiger partial charge in [-0.2, -0.15) is 0 Å². The summed E-state index contributed by atoms with van der Waals surface area (Å²) < 4.78 is 5.70. The van der Waals surface area contributed by atoms with Gasteiger partial charge in [-0.25, -0.2) is 4.79 Å². The number of benzene rings is 2. The molecule has 1 saturated heterocycles. The monoisotopic (exact) mass is 476 g/mol. The maximum absolute atomic E-state index is 12.9. The molecule has 7 nitrogen and oxygen atoms in total. The summed E-state index contributed by atoms with van der Waals surface area (Å²) in [6.45, 7) is 2.55. The second kappa shape index (κ2) is 9.72. The molecule has 2 aromatic carbocycles. The van der Waals surface area contributed by atoms with Gasteiger partial charge >= 0.3 is 12.1 Å². The van der Waals surface area contributed by atoms with Crippen molar-refractivity contribution in [1.82, 2.24) is 10.2 Å². The summed E-state index contributed by atoms with van der Waals surface area (Å²) in [5, 5.41) is 12.4. The summed E-state index contributed by atoms with van der Waals surface area (Å²) >= 11 is 0. The molecule has 2 fully saturated rings. The first-order valence-corrected chi connectivity index (χ1v) is 12.6. The quantitative estimate of drug-likeness (QED) is 0.644. The highest BCUT2D eigenvalue weighted by Gasteiger charge is 2.40. The van der Waals surface area contributed by atoms with Crippen LogP contribution in [0.3, 0.4) is 0 Å². The first-order chi connectivity index (χ1) is 16.9. The summed E-state index contributed by atoms with van der Waals surface area (Å²) in [4.78, 5) is 38.8. The van der Waals surface area contributed by atoms with Crippen molar-refractivity contribution in [2.75, 3.05) is 13.2 Å². The smallest absolute Gasteiger partial charge is 0.407 e. The van der Waals surface area contributed by atoms with Crippen LogP contribution in [0.2, 0.25) is 0 Å². The zero-order valence-electron chi connectivity index (χ0n) is 20.0. The predicted octanol–water partition coefficient (Wildman–Crippen LogP) is 4.41. The van der Waals surface area contributed by atoms with Crippen molar-refractivity contribution in [1.29, 1.82) is 0 Å².